The molecule has 0 saturated heterocycles. The maximum Gasteiger partial charge on any atom is 0.261 e. The zero-order valence-corrected chi connectivity index (χ0v) is 17.2. The number of benzene rings is 2. The molecular formula is C20H24Cl2N2O3. The Hall–Kier alpha value is -1.95. The van der Waals surface area contributed by atoms with Gasteiger partial charge >= 0.3 is 0 Å². The number of halogens is 2. The zero-order chi connectivity index (χ0) is 19.8. The first kappa shape index (κ1) is 21.4. The minimum Gasteiger partial charge on any atom is -0.492 e. The van der Waals surface area contributed by atoms with Gasteiger partial charge < -0.3 is 19.7 Å². The number of nitrogens with zero attached hydrogens (tertiary/aromatic N) is 1. The Bertz CT molecular complexity index is 751. The van der Waals surface area contributed by atoms with Crippen molar-refractivity contribution in [2.24, 2.45) is 0 Å². The quantitative estimate of drug-likeness (QED) is 0.677. The molecule has 0 aliphatic carbocycles. The fourth-order valence-electron chi connectivity index (χ4n) is 2.20. The summed E-state index contributed by atoms with van der Waals surface area (Å²) in [7, 11) is 4.00. The van der Waals surface area contributed by atoms with Crippen LogP contribution in [0.5, 0.6) is 11.5 Å². The van der Waals surface area contributed by atoms with Gasteiger partial charge in [-0.2, -0.15) is 0 Å². The maximum atomic E-state index is 12.2. The van der Waals surface area contributed by atoms with Gasteiger partial charge in [-0.1, -0.05) is 41.4 Å². The Morgan fingerprint density at radius 3 is 2.52 bits per heavy atom. The minimum absolute atomic E-state index is 0.239. The van der Waals surface area contributed by atoms with Gasteiger partial charge in [0.2, 0.25) is 0 Å². The largest absolute Gasteiger partial charge is 0.492 e. The Kier molecular flexibility index (Phi) is 8.23. The van der Waals surface area contributed by atoms with Crippen molar-refractivity contribution < 1.29 is 14.3 Å². The Labute approximate surface area is 170 Å². The van der Waals surface area contributed by atoms with Gasteiger partial charge in [0.1, 0.15) is 23.1 Å². The highest BCUT2D eigenvalue weighted by molar-refractivity contribution is 6.42. The molecule has 7 heteroatoms. The van der Waals surface area contributed by atoms with Crippen LogP contribution in [0.25, 0.3) is 0 Å². The van der Waals surface area contributed by atoms with Crippen LogP contribution in [-0.2, 0) is 11.3 Å². The third kappa shape index (κ3) is 6.94. The number of amides is 1. The predicted molar refractivity (Wildman–Crippen MR) is 109 cm³/mol. The molecule has 1 amide bonds. The van der Waals surface area contributed by atoms with Crippen LogP contribution in [0.2, 0.25) is 10.0 Å². The molecule has 0 fully saturated rings. The second-order valence-corrected chi connectivity index (χ2v) is 7.11. The van der Waals surface area contributed by atoms with Crippen LogP contribution in [0.15, 0.2) is 42.5 Å². The van der Waals surface area contributed by atoms with E-state index < -0.39 is 6.10 Å². The van der Waals surface area contributed by atoms with E-state index in [0.29, 0.717) is 28.9 Å². The summed E-state index contributed by atoms with van der Waals surface area (Å²) >= 11 is 12.0. The number of likely N-dealkylation sites (N-methyl/N-ethyl adjacent to an activating group) is 1. The van der Waals surface area contributed by atoms with Crippen LogP contribution in [0.1, 0.15) is 12.5 Å². The van der Waals surface area contributed by atoms with Gasteiger partial charge in [0.05, 0.1) is 5.02 Å². The summed E-state index contributed by atoms with van der Waals surface area (Å²) in [6.07, 6.45) is -0.699. The number of nitrogens with one attached hydrogen (secondary N) is 1. The third-order valence-electron chi connectivity index (χ3n) is 3.79. The van der Waals surface area contributed by atoms with Gasteiger partial charge in [-0.3, -0.25) is 4.79 Å². The van der Waals surface area contributed by atoms with E-state index >= 15 is 0 Å². The van der Waals surface area contributed by atoms with Crippen molar-refractivity contribution in [3.63, 3.8) is 0 Å². The lowest BCUT2D eigenvalue weighted by molar-refractivity contribution is -0.127. The molecule has 0 spiro atoms. The topological polar surface area (TPSA) is 50.8 Å². The fraction of sp³-hybridized carbons (Fsp3) is 0.350. The van der Waals surface area contributed by atoms with E-state index in [1.165, 1.54) is 0 Å². The molecule has 2 aromatic rings. The highest BCUT2D eigenvalue weighted by atomic mass is 35.5. The van der Waals surface area contributed by atoms with Crippen LogP contribution in [0.3, 0.4) is 0 Å². The summed E-state index contributed by atoms with van der Waals surface area (Å²) in [5.41, 5.74) is 0.969. The van der Waals surface area contributed by atoms with E-state index in [0.717, 1.165) is 17.9 Å². The predicted octanol–water partition coefficient (Wildman–Crippen LogP) is 4.02. The summed E-state index contributed by atoms with van der Waals surface area (Å²) in [4.78, 5) is 14.3. The van der Waals surface area contributed by atoms with Crippen LogP contribution in [-0.4, -0.2) is 44.2 Å². The highest BCUT2D eigenvalue weighted by Crippen LogP contribution is 2.32. The van der Waals surface area contributed by atoms with Crippen molar-refractivity contribution in [2.45, 2.75) is 19.6 Å². The van der Waals surface area contributed by atoms with Gasteiger partial charge in [-0.15, -0.1) is 0 Å². The van der Waals surface area contributed by atoms with E-state index in [1.807, 2.05) is 38.4 Å². The standard InChI is InChI=1S/C20H24Cl2N2O3/c1-14(27-18-6-4-5-17(21)19(18)22)20(25)23-13-15-7-9-16(10-8-15)26-12-11-24(2)3/h4-10,14H,11-13H2,1-3H3,(H,23,25). The van der Waals surface area contributed by atoms with E-state index in [4.69, 9.17) is 32.7 Å². The van der Waals surface area contributed by atoms with E-state index in [9.17, 15) is 4.79 Å². The van der Waals surface area contributed by atoms with Crippen molar-refractivity contribution in [1.29, 1.82) is 0 Å². The van der Waals surface area contributed by atoms with Crippen molar-refractivity contribution in [2.75, 3.05) is 27.2 Å². The fourth-order valence-corrected chi connectivity index (χ4v) is 2.54. The first-order valence-corrected chi connectivity index (χ1v) is 9.37. The molecule has 0 aliphatic heterocycles. The molecule has 0 bridgehead atoms. The van der Waals surface area contributed by atoms with Crippen molar-refractivity contribution in [3.8, 4) is 11.5 Å². The number of hydrogen-bond acceptors (Lipinski definition) is 4. The Morgan fingerprint density at radius 1 is 1.15 bits per heavy atom. The molecule has 0 aromatic heterocycles. The average Bonchev–Trinajstić information content (AvgIpc) is 2.64. The molecule has 5 nitrogen and oxygen atoms in total. The minimum atomic E-state index is -0.699. The van der Waals surface area contributed by atoms with E-state index in [-0.39, 0.29) is 5.91 Å². The lowest BCUT2D eigenvalue weighted by Gasteiger charge is -2.16. The van der Waals surface area contributed by atoms with Crippen molar-refractivity contribution >= 4 is 29.1 Å². The van der Waals surface area contributed by atoms with E-state index in [1.54, 1.807) is 25.1 Å². The molecule has 0 radical (unpaired) electrons. The molecule has 146 valence electrons. The van der Waals surface area contributed by atoms with Crippen LogP contribution < -0.4 is 14.8 Å². The summed E-state index contributed by atoms with van der Waals surface area (Å²) in [5.74, 6) is 0.947. The van der Waals surface area contributed by atoms with Crippen molar-refractivity contribution in [3.05, 3.63) is 58.1 Å². The summed E-state index contributed by atoms with van der Waals surface area (Å²) < 4.78 is 11.3. The van der Waals surface area contributed by atoms with Crippen LogP contribution in [0, 0.1) is 0 Å². The lowest BCUT2D eigenvalue weighted by atomic mass is 10.2. The second-order valence-electron chi connectivity index (χ2n) is 6.33. The molecule has 0 heterocycles. The summed E-state index contributed by atoms with van der Waals surface area (Å²) in [6, 6.07) is 12.7. The average molecular weight is 411 g/mol. The number of hydrogen-bond donors (Lipinski definition) is 1. The maximum absolute atomic E-state index is 12.2. The van der Waals surface area contributed by atoms with Gasteiger partial charge in [-0.05, 0) is 50.8 Å². The summed E-state index contributed by atoms with van der Waals surface area (Å²) in [5, 5.41) is 3.52. The van der Waals surface area contributed by atoms with E-state index in [2.05, 4.69) is 10.2 Å². The van der Waals surface area contributed by atoms with Gasteiger partial charge in [-0.25, -0.2) is 0 Å². The first-order valence-electron chi connectivity index (χ1n) is 8.61. The molecule has 0 aliphatic rings. The highest BCUT2D eigenvalue weighted by Gasteiger charge is 2.16. The molecule has 0 saturated carbocycles. The normalized spacial score (nSPS) is 11.9. The van der Waals surface area contributed by atoms with Crippen molar-refractivity contribution in [1.82, 2.24) is 10.2 Å². The molecule has 1 atom stereocenters. The monoisotopic (exact) mass is 410 g/mol. The van der Waals surface area contributed by atoms with Crippen LogP contribution in [0.4, 0.5) is 0 Å². The second kappa shape index (κ2) is 10.4. The lowest BCUT2D eigenvalue weighted by Crippen LogP contribution is -2.35. The Morgan fingerprint density at radius 2 is 1.85 bits per heavy atom. The molecular weight excluding hydrogens is 387 g/mol. The number of carbonyl (C=O) groups excluding carboxylic acids is 1. The molecule has 2 rings (SSSR count). The molecule has 2 aromatic carbocycles. The number of rotatable bonds is 9. The van der Waals surface area contributed by atoms with Gasteiger partial charge in [0, 0.05) is 13.1 Å². The zero-order valence-electron chi connectivity index (χ0n) is 15.7. The number of ether oxygens (including phenoxy) is 2. The SMILES string of the molecule is CC(Oc1cccc(Cl)c1Cl)C(=O)NCc1ccc(OCCN(C)C)cc1. The Balaban J connectivity index is 1.81. The molecule has 27 heavy (non-hydrogen) atoms. The molecule has 1 unspecified atom stereocenters. The third-order valence-corrected chi connectivity index (χ3v) is 4.59. The molecule has 1 N–H and O–H groups in total. The summed E-state index contributed by atoms with van der Waals surface area (Å²) in [6.45, 7) is 3.54. The number of carbonyl (C=O) groups is 1. The van der Waals surface area contributed by atoms with Gasteiger partial charge in [0.25, 0.3) is 5.91 Å². The van der Waals surface area contributed by atoms with Gasteiger partial charge in [0.15, 0.2) is 6.10 Å². The first-order chi connectivity index (χ1) is 12.9. The smallest absolute Gasteiger partial charge is 0.261 e. The van der Waals surface area contributed by atoms with Crippen LogP contribution >= 0.6 is 23.2 Å².